The maximum absolute atomic E-state index is 12.3. The van der Waals surface area contributed by atoms with Crippen LogP contribution in [0.4, 0.5) is 0 Å². The van der Waals surface area contributed by atoms with E-state index in [2.05, 4.69) is 5.32 Å². The van der Waals surface area contributed by atoms with Crippen molar-refractivity contribution in [3.63, 3.8) is 0 Å². The van der Waals surface area contributed by atoms with Gasteiger partial charge in [0.15, 0.2) is 0 Å². The maximum Gasteiger partial charge on any atom is 0.308 e. The SMILES string of the molecule is CC(CC(=O)N1CCCC(C(=O)O)C1)NC(=O)C1CCCC1. The predicted molar refractivity (Wildman–Crippen MR) is 81.1 cm³/mol. The number of carboxylic acid groups (broad SMARTS) is 1. The molecule has 2 fully saturated rings. The van der Waals surface area contributed by atoms with Gasteiger partial charge in [-0.2, -0.15) is 0 Å². The molecule has 2 unspecified atom stereocenters. The fourth-order valence-corrected chi connectivity index (χ4v) is 3.40. The van der Waals surface area contributed by atoms with E-state index in [1.807, 2.05) is 6.92 Å². The first-order chi connectivity index (χ1) is 10.5. The van der Waals surface area contributed by atoms with Gasteiger partial charge in [0.05, 0.1) is 5.92 Å². The standard InChI is InChI=1S/C16H26N2O4/c1-11(17-15(20)12-5-2-3-6-12)9-14(19)18-8-4-7-13(10-18)16(21)22/h11-13H,2-10H2,1H3,(H,17,20)(H,21,22). The largest absolute Gasteiger partial charge is 0.481 e. The van der Waals surface area contributed by atoms with Gasteiger partial charge in [0.25, 0.3) is 0 Å². The van der Waals surface area contributed by atoms with Gasteiger partial charge < -0.3 is 15.3 Å². The van der Waals surface area contributed by atoms with E-state index >= 15 is 0 Å². The van der Waals surface area contributed by atoms with Crippen LogP contribution in [0.3, 0.4) is 0 Å². The van der Waals surface area contributed by atoms with Crippen LogP contribution in [-0.4, -0.2) is 46.9 Å². The summed E-state index contributed by atoms with van der Waals surface area (Å²) in [5.74, 6) is -1.20. The van der Waals surface area contributed by atoms with Crippen molar-refractivity contribution in [2.24, 2.45) is 11.8 Å². The first-order valence-corrected chi connectivity index (χ1v) is 8.28. The smallest absolute Gasteiger partial charge is 0.308 e. The average Bonchev–Trinajstić information content (AvgIpc) is 3.01. The van der Waals surface area contributed by atoms with E-state index < -0.39 is 11.9 Å². The Hall–Kier alpha value is -1.59. The number of piperidine rings is 1. The van der Waals surface area contributed by atoms with Crippen LogP contribution in [0.5, 0.6) is 0 Å². The highest BCUT2D eigenvalue weighted by Gasteiger charge is 2.29. The third-order valence-electron chi connectivity index (χ3n) is 4.72. The Morgan fingerprint density at radius 1 is 1.14 bits per heavy atom. The van der Waals surface area contributed by atoms with Crippen LogP contribution in [0.25, 0.3) is 0 Å². The minimum atomic E-state index is -0.833. The zero-order valence-electron chi connectivity index (χ0n) is 13.2. The maximum atomic E-state index is 12.3. The normalized spacial score (nSPS) is 24.0. The van der Waals surface area contributed by atoms with Crippen molar-refractivity contribution in [2.45, 2.75) is 57.9 Å². The molecule has 0 radical (unpaired) electrons. The van der Waals surface area contributed by atoms with Gasteiger partial charge in [0.2, 0.25) is 11.8 Å². The summed E-state index contributed by atoms with van der Waals surface area (Å²) in [4.78, 5) is 37.0. The van der Waals surface area contributed by atoms with Crippen molar-refractivity contribution in [1.29, 1.82) is 0 Å². The van der Waals surface area contributed by atoms with Crippen molar-refractivity contribution < 1.29 is 19.5 Å². The minimum Gasteiger partial charge on any atom is -0.481 e. The van der Waals surface area contributed by atoms with E-state index in [0.717, 1.165) is 32.1 Å². The van der Waals surface area contributed by atoms with Gasteiger partial charge in [-0.05, 0) is 32.6 Å². The third kappa shape index (κ3) is 4.45. The summed E-state index contributed by atoms with van der Waals surface area (Å²) in [6, 6.07) is -0.203. The summed E-state index contributed by atoms with van der Waals surface area (Å²) < 4.78 is 0. The molecule has 124 valence electrons. The summed E-state index contributed by atoms with van der Waals surface area (Å²) in [6.07, 6.45) is 5.70. The highest BCUT2D eigenvalue weighted by molar-refractivity contribution is 5.81. The number of carbonyl (C=O) groups excluding carboxylic acids is 2. The molecule has 2 N–H and O–H groups in total. The molecule has 6 heteroatoms. The molecule has 1 aliphatic carbocycles. The molecule has 2 aliphatic rings. The number of nitrogens with zero attached hydrogens (tertiary/aromatic N) is 1. The monoisotopic (exact) mass is 310 g/mol. The molecular weight excluding hydrogens is 284 g/mol. The van der Waals surface area contributed by atoms with Crippen molar-refractivity contribution in [3.8, 4) is 0 Å². The topological polar surface area (TPSA) is 86.7 Å². The highest BCUT2D eigenvalue weighted by atomic mass is 16.4. The van der Waals surface area contributed by atoms with E-state index in [1.165, 1.54) is 0 Å². The lowest BCUT2D eigenvalue weighted by atomic mass is 9.97. The van der Waals surface area contributed by atoms with Crippen LogP contribution < -0.4 is 5.32 Å². The Labute approximate surface area is 131 Å². The van der Waals surface area contributed by atoms with Gasteiger partial charge >= 0.3 is 5.97 Å². The molecule has 1 heterocycles. The molecule has 0 spiro atoms. The fraction of sp³-hybridized carbons (Fsp3) is 0.812. The molecular formula is C16H26N2O4. The molecule has 6 nitrogen and oxygen atoms in total. The Kier molecular flexibility index (Phi) is 5.80. The molecule has 22 heavy (non-hydrogen) atoms. The van der Waals surface area contributed by atoms with E-state index in [0.29, 0.717) is 13.0 Å². The van der Waals surface area contributed by atoms with E-state index in [-0.39, 0.29) is 36.7 Å². The van der Waals surface area contributed by atoms with Gasteiger partial charge in [-0.25, -0.2) is 0 Å². The quantitative estimate of drug-likeness (QED) is 0.803. The van der Waals surface area contributed by atoms with Gasteiger partial charge in [-0.15, -0.1) is 0 Å². The van der Waals surface area contributed by atoms with E-state index in [4.69, 9.17) is 5.11 Å². The molecule has 2 rings (SSSR count). The summed E-state index contributed by atoms with van der Waals surface area (Å²) in [5.41, 5.74) is 0. The van der Waals surface area contributed by atoms with Crippen LogP contribution >= 0.6 is 0 Å². The zero-order valence-corrected chi connectivity index (χ0v) is 13.2. The Bertz CT molecular complexity index is 432. The third-order valence-corrected chi connectivity index (χ3v) is 4.72. The van der Waals surface area contributed by atoms with Gasteiger partial charge in [0, 0.05) is 31.5 Å². The highest BCUT2D eigenvalue weighted by Crippen LogP contribution is 2.25. The van der Waals surface area contributed by atoms with Gasteiger partial charge in [-0.1, -0.05) is 12.8 Å². The number of amides is 2. The zero-order chi connectivity index (χ0) is 16.1. The number of hydrogen-bond donors (Lipinski definition) is 2. The van der Waals surface area contributed by atoms with Crippen molar-refractivity contribution in [2.75, 3.05) is 13.1 Å². The van der Waals surface area contributed by atoms with Crippen molar-refractivity contribution >= 4 is 17.8 Å². The van der Waals surface area contributed by atoms with Crippen LogP contribution in [-0.2, 0) is 14.4 Å². The van der Waals surface area contributed by atoms with Gasteiger partial charge in [0.1, 0.15) is 0 Å². The number of aliphatic carboxylic acids is 1. The van der Waals surface area contributed by atoms with Crippen LogP contribution in [0.1, 0.15) is 51.9 Å². The molecule has 2 atom stereocenters. The second-order valence-electron chi connectivity index (χ2n) is 6.61. The lowest BCUT2D eigenvalue weighted by molar-refractivity contribution is -0.145. The lowest BCUT2D eigenvalue weighted by Crippen LogP contribution is -2.45. The number of hydrogen-bond acceptors (Lipinski definition) is 3. The number of carboxylic acids is 1. The number of likely N-dealkylation sites (tertiary alicyclic amines) is 1. The summed E-state index contributed by atoms with van der Waals surface area (Å²) in [7, 11) is 0. The molecule has 2 amide bonds. The molecule has 0 aromatic heterocycles. The van der Waals surface area contributed by atoms with Crippen LogP contribution in [0.2, 0.25) is 0 Å². The molecule has 1 aliphatic heterocycles. The summed E-state index contributed by atoms with van der Waals surface area (Å²) in [5, 5.41) is 12.0. The Balaban J connectivity index is 1.77. The van der Waals surface area contributed by atoms with E-state index in [1.54, 1.807) is 4.90 Å². The number of rotatable bonds is 5. The first-order valence-electron chi connectivity index (χ1n) is 8.28. The molecule has 0 aromatic rings. The molecule has 1 saturated carbocycles. The Morgan fingerprint density at radius 2 is 1.77 bits per heavy atom. The molecule has 0 bridgehead atoms. The predicted octanol–water partition coefficient (Wildman–Crippen LogP) is 1.39. The second kappa shape index (κ2) is 7.61. The lowest BCUT2D eigenvalue weighted by Gasteiger charge is -2.31. The molecule has 1 saturated heterocycles. The second-order valence-corrected chi connectivity index (χ2v) is 6.61. The molecule has 0 aromatic carbocycles. The van der Waals surface area contributed by atoms with Crippen LogP contribution in [0, 0.1) is 11.8 Å². The number of nitrogens with one attached hydrogen (secondary N) is 1. The van der Waals surface area contributed by atoms with Gasteiger partial charge in [-0.3, -0.25) is 14.4 Å². The Morgan fingerprint density at radius 3 is 2.41 bits per heavy atom. The van der Waals surface area contributed by atoms with Crippen molar-refractivity contribution in [3.05, 3.63) is 0 Å². The van der Waals surface area contributed by atoms with E-state index in [9.17, 15) is 14.4 Å². The van der Waals surface area contributed by atoms with Crippen molar-refractivity contribution in [1.82, 2.24) is 10.2 Å². The first kappa shape index (κ1) is 16.8. The minimum absolute atomic E-state index is 0.0554. The fourth-order valence-electron chi connectivity index (χ4n) is 3.40. The van der Waals surface area contributed by atoms with Crippen LogP contribution in [0.15, 0.2) is 0 Å². The summed E-state index contributed by atoms with van der Waals surface area (Å²) >= 11 is 0. The average molecular weight is 310 g/mol. The summed E-state index contributed by atoms with van der Waals surface area (Å²) in [6.45, 7) is 2.74. The number of carbonyl (C=O) groups is 3.